The van der Waals surface area contributed by atoms with Gasteiger partial charge in [0.15, 0.2) is 0 Å². The summed E-state index contributed by atoms with van der Waals surface area (Å²) in [5, 5.41) is 0. The summed E-state index contributed by atoms with van der Waals surface area (Å²) in [7, 11) is 3.25. The van der Waals surface area contributed by atoms with E-state index < -0.39 is 0 Å². The van der Waals surface area contributed by atoms with E-state index >= 15 is 0 Å². The maximum atomic E-state index is 13.3. The van der Waals surface area contributed by atoms with Crippen LogP contribution in [0.2, 0.25) is 0 Å². The number of hydrogen-bond donors (Lipinski definition) is 0. The second kappa shape index (κ2) is 8.25. The van der Waals surface area contributed by atoms with Gasteiger partial charge in [0, 0.05) is 5.56 Å². The number of ether oxygens (including phenoxy) is 2. The Hall–Kier alpha value is -3.86. The lowest BCUT2D eigenvalue weighted by molar-refractivity contribution is -0.113. The summed E-state index contributed by atoms with van der Waals surface area (Å²) in [6, 6.07) is 22.9. The third-order valence-corrected chi connectivity index (χ3v) is 4.89. The Morgan fingerprint density at radius 1 is 0.867 bits per heavy atom. The van der Waals surface area contributed by atoms with Gasteiger partial charge in [-0.25, -0.2) is 4.99 Å². The van der Waals surface area contributed by atoms with E-state index in [-0.39, 0.29) is 5.91 Å². The molecule has 0 spiro atoms. The lowest BCUT2D eigenvalue weighted by Gasteiger charge is -2.19. The number of amides is 1. The summed E-state index contributed by atoms with van der Waals surface area (Å²) in [5.41, 5.74) is 3.95. The van der Waals surface area contributed by atoms with E-state index in [1.54, 1.807) is 25.2 Å². The van der Waals surface area contributed by atoms with Crippen LogP contribution in [0.4, 0.5) is 5.69 Å². The van der Waals surface area contributed by atoms with Crippen molar-refractivity contribution in [1.29, 1.82) is 0 Å². The molecule has 4 rings (SSSR count). The molecule has 0 saturated heterocycles. The zero-order valence-electron chi connectivity index (χ0n) is 17.1. The van der Waals surface area contributed by atoms with Crippen molar-refractivity contribution < 1.29 is 14.3 Å². The molecule has 0 atom stereocenters. The number of methoxy groups -OCH3 is 2. The topological polar surface area (TPSA) is 51.1 Å². The van der Waals surface area contributed by atoms with Gasteiger partial charge in [0.1, 0.15) is 23.0 Å². The van der Waals surface area contributed by atoms with Gasteiger partial charge in [-0.05, 0) is 72.7 Å². The van der Waals surface area contributed by atoms with Gasteiger partial charge in [-0.15, -0.1) is 0 Å². The first-order chi connectivity index (χ1) is 14.6. The molecule has 0 fully saturated rings. The minimum absolute atomic E-state index is 0.165. The van der Waals surface area contributed by atoms with E-state index in [1.165, 1.54) is 0 Å². The molecule has 0 aromatic heterocycles. The molecule has 1 heterocycles. The molecule has 3 aromatic carbocycles. The Morgan fingerprint density at radius 2 is 1.50 bits per heavy atom. The van der Waals surface area contributed by atoms with Gasteiger partial charge in [0.05, 0.1) is 19.9 Å². The molecular formula is C25H22N2O3. The van der Waals surface area contributed by atoms with Crippen molar-refractivity contribution in [2.75, 3.05) is 19.1 Å². The quantitative estimate of drug-likeness (QED) is 0.578. The van der Waals surface area contributed by atoms with Gasteiger partial charge in [0.25, 0.3) is 5.91 Å². The first-order valence-electron chi connectivity index (χ1n) is 9.59. The molecule has 5 nitrogen and oxygen atoms in total. The molecule has 30 heavy (non-hydrogen) atoms. The van der Waals surface area contributed by atoms with E-state index in [9.17, 15) is 4.79 Å². The number of nitrogens with zero attached hydrogens (tertiary/aromatic N) is 2. The van der Waals surface area contributed by atoms with Crippen molar-refractivity contribution in [2.45, 2.75) is 6.92 Å². The Balaban J connectivity index is 1.79. The molecule has 0 radical (unpaired) electrons. The van der Waals surface area contributed by atoms with E-state index in [1.807, 2.05) is 79.7 Å². The van der Waals surface area contributed by atoms with Crippen molar-refractivity contribution in [1.82, 2.24) is 0 Å². The molecule has 1 aliphatic rings. The van der Waals surface area contributed by atoms with E-state index in [0.717, 1.165) is 33.9 Å². The van der Waals surface area contributed by atoms with Crippen molar-refractivity contribution in [3.8, 4) is 11.5 Å². The van der Waals surface area contributed by atoms with Crippen molar-refractivity contribution in [3.05, 3.63) is 95.2 Å². The van der Waals surface area contributed by atoms with Crippen molar-refractivity contribution >= 4 is 23.5 Å². The van der Waals surface area contributed by atoms with Gasteiger partial charge in [0.2, 0.25) is 0 Å². The van der Waals surface area contributed by atoms with Crippen molar-refractivity contribution in [3.63, 3.8) is 0 Å². The Morgan fingerprint density at radius 3 is 2.10 bits per heavy atom. The van der Waals surface area contributed by atoms with Crippen molar-refractivity contribution in [2.24, 2.45) is 4.99 Å². The van der Waals surface area contributed by atoms with Crippen LogP contribution in [0.5, 0.6) is 11.5 Å². The summed E-state index contributed by atoms with van der Waals surface area (Å²) in [6.07, 6.45) is 1.79. The highest BCUT2D eigenvalue weighted by atomic mass is 16.5. The molecule has 0 N–H and O–H groups in total. The van der Waals surface area contributed by atoms with Gasteiger partial charge in [-0.2, -0.15) is 0 Å². The van der Waals surface area contributed by atoms with Gasteiger partial charge in [-0.3, -0.25) is 9.69 Å². The SMILES string of the molecule is COc1ccc(/C=C2/N=C(c3ccc(OC)cc3)N(c3cccc(C)c3)C2=O)cc1. The largest absolute Gasteiger partial charge is 0.497 e. The number of aliphatic imine (C=N–C) groups is 1. The molecule has 0 bridgehead atoms. The number of carbonyl (C=O) groups is 1. The van der Waals surface area contributed by atoms with Crippen LogP contribution in [0.15, 0.2) is 83.5 Å². The van der Waals surface area contributed by atoms with Crippen LogP contribution >= 0.6 is 0 Å². The molecule has 0 unspecified atom stereocenters. The Bertz CT molecular complexity index is 1130. The molecule has 3 aromatic rings. The summed E-state index contributed by atoms with van der Waals surface area (Å²) >= 11 is 0. The lowest BCUT2D eigenvalue weighted by atomic mass is 10.1. The molecule has 0 saturated carbocycles. The van der Waals surface area contributed by atoms with E-state index in [4.69, 9.17) is 14.5 Å². The maximum Gasteiger partial charge on any atom is 0.282 e. The standard InChI is InChI=1S/C25H22N2O3/c1-17-5-4-6-20(15-17)27-24(19-9-13-22(30-3)14-10-19)26-23(25(27)28)16-18-7-11-21(29-2)12-8-18/h4-16H,1-3H3/b23-16+. The van der Waals surface area contributed by atoms with Gasteiger partial charge < -0.3 is 9.47 Å². The predicted molar refractivity (Wildman–Crippen MR) is 119 cm³/mol. The number of hydrogen-bond acceptors (Lipinski definition) is 4. The van der Waals surface area contributed by atoms with Crippen LogP contribution in [-0.2, 0) is 4.79 Å². The van der Waals surface area contributed by atoms with Crippen LogP contribution in [-0.4, -0.2) is 26.0 Å². The van der Waals surface area contributed by atoms with Crippen LogP contribution in [0.25, 0.3) is 6.08 Å². The number of carbonyl (C=O) groups excluding carboxylic acids is 1. The molecule has 1 amide bonds. The molecule has 150 valence electrons. The lowest BCUT2D eigenvalue weighted by Crippen LogP contribution is -2.32. The van der Waals surface area contributed by atoms with Crippen LogP contribution < -0.4 is 14.4 Å². The highest BCUT2D eigenvalue weighted by molar-refractivity contribution is 6.33. The smallest absolute Gasteiger partial charge is 0.282 e. The number of rotatable bonds is 5. The first kappa shape index (κ1) is 19.5. The number of aryl methyl sites for hydroxylation is 1. The number of anilines is 1. The molecular weight excluding hydrogens is 376 g/mol. The highest BCUT2D eigenvalue weighted by Crippen LogP contribution is 2.29. The minimum atomic E-state index is -0.165. The Labute approximate surface area is 175 Å². The third kappa shape index (κ3) is 3.82. The Kier molecular flexibility index (Phi) is 5.35. The minimum Gasteiger partial charge on any atom is -0.497 e. The number of amidine groups is 1. The summed E-state index contributed by atoms with van der Waals surface area (Å²) in [4.78, 5) is 19.7. The second-order valence-electron chi connectivity index (χ2n) is 6.95. The fourth-order valence-electron chi connectivity index (χ4n) is 3.32. The monoisotopic (exact) mass is 398 g/mol. The van der Waals surface area contributed by atoms with Crippen LogP contribution in [0, 0.1) is 6.92 Å². The average Bonchev–Trinajstić information content (AvgIpc) is 3.10. The summed E-state index contributed by atoms with van der Waals surface area (Å²) < 4.78 is 10.5. The van der Waals surface area contributed by atoms with E-state index in [0.29, 0.717) is 11.5 Å². The normalized spacial score (nSPS) is 14.8. The zero-order valence-corrected chi connectivity index (χ0v) is 17.1. The van der Waals surface area contributed by atoms with E-state index in [2.05, 4.69) is 0 Å². The third-order valence-electron chi connectivity index (χ3n) is 4.89. The van der Waals surface area contributed by atoms with Gasteiger partial charge >= 0.3 is 0 Å². The fourth-order valence-corrected chi connectivity index (χ4v) is 3.32. The molecule has 0 aliphatic carbocycles. The molecule has 1 aliphatic heterocycles. The van der Waals surface area contributed by atoms with Crippen LogP contribution in [0.1, 0.15) is 16.7 Å². The molecule has 5 heteroatoms. The average molecular weight is 398 g/mol. The summed E-state index contributed by atoms with van der Waals surface area (Å²) in [5.74, 6) is 1.94. The summed E-state index contributed by atoms with van der Waals surface area (Å²) in [6.45, 7) is 2.00. The highest BCUT2D eigenvalue weighted by Gasteiger charge is 2.32. The van der Waals surface area contributed by atoms with Crippen LogP contribution in [0.3, 0.4) is 0 Å². The van der Waals surface area contributed by atoms with Gasteiger partial charge in [-0.1, -0.05) is 24.3 Å². The maximum absolute atomic E-state index is 13.3. The number of benzene rings is 3. The first-order valence-corrected chi connectivity index (χ1v) is 9.59. The fraction of sp³-hybridized carbons (Fsp3) is 0.120. The zero-order chi connectivity index (χ0) is 21.1. The predicted octanol–water partition coefficient (Wildman–Crippen LogP) is 4.85. The second-order valence-corrected chi connectivity index (χ2v) is 6.95.